The van der Waals surface area contributed by atoms with Gasteiger partial charge in [-0.25, -0.2) is 0 Å². The summed E-state index contributed by atoms with van der Waals surface area (Å²) in [6.45, 7) is 11.6. The van der Waals surface area contributed by atoms with Crippen LogP contribution in [0.15, 0.2) is 18.2 Å². The first-order valence-electron chi connectivity index (χ1n) is 11.1. The molecule has 0 unspecified atom stereocenters. The van der Waals surface area contributed by atoms with Crippen molar-refractivity contribution in [1.82, 2.24) is 14.7 Å². The summed E-state index contributed by atoms with van der Waals surface area (Å²) in [7, 11) is 0. The van der Waals surface area contributed by atoms with Gasteiger partial charge in [0.1, 0.15) is 0 Å². The van der Waals surface area contributed by atoms with E-state index in [-0.39, 0.29) is 12.8 Å². The zero-order valence-electron chi connectivity index (χ0n) is 19.0. The van der Waals surface area contributed by atoms with Gasteiger partial charge in [-0.05, 0) is 58.2 Å². The molecule has 1 aromatic rings. The number of piperidine rings is 1. The highest BCUT2D eigenvalue weighted by Crippen LogP contribution is 2.38. The second-order valence-electron chi connectivity index (χ2n) is 10.2. The summed E-state index contributed by atoms with van der Waals surface area (Å²) in [5, 5.41) is 0. The molecular formula is C23H34N4O4. The molecule has 3 aliphatic heterocycles. The number of piperazine rings is 1. The summed E-state index contributed by atoms with van der Waals surface area (Å²) in [5.74, 6) is 0.746. The Kier molecular flexibility index (Phi) is 5.64. The third-order valence-corrected chi connectivity index (χ3v) is 6.62. The monoisotopic (exact) mass is 430 g/mol. The van der Waals surface area contributed by atoms with Crippen molar-refractivity contribution in [3.63, 3.8) is 0 Å². The van der Waals surface area contributed by atoms with E-state index < -0.39 is 22.9 Å². The van der Waals surface area contributed by atoms with Crippen molar-refractivity contribution in [2.75, 3.05) is 33.0 Å². The Bertz CT molecular complexity index is 843. The number of nitrogens with zero attached hydrogens (tertiary/aromatic N) is 3. The molecule has 0 spiro atoms. The van der Waals surface area contributed by atoms with Crippen molar-refractivity contribution in [3.8, 4) is 11.5 Å². The minimum atomic E-state index is -0.449. The predicted octanol–water partition coefficient (Wildman–Crippen LogP) is 1.57. The summed E-state index contributed by atoms with van der Waals surface area (Å²) in [6, 6.07) is 6.02. The Labute approximate surface area is 184 Å². The maximum Gasteiger partial charge on any atom is 0.312 e. The summed E-state index contributed by atoms with van der Waals surface area (Å²) in [4.78, 5) is 32.1. The van der Waals surface area contributed by atoms with Crippen LogP contribution in [0.3, 0.4) is 0 Å². The molecule has 0 aliphatic carbocycles. The van der Waals surface area contributed by atoms with E-state index in [9.17, 15) is 9.59 Å². The van der Waals surface area contributed by atoms with E-state index >= 15 is 0 Å². The number of likely N-dealkylation sites (tertiary alicyclic amines) is 1. The Balaban J connectivity index is 1.36. The predicted molar refractivity (Wildman–Crippen MR) is 117 cm³/mol. The summed E-state index contributed by atoms with van der Waals surface area (Å²) in [5.41, 5.74) is 6.47. The van der Waals surface area contributed by atoms with Crippen LogP contribution in [0.2, 0.25) is 0 Å². The molecule has 2 saturated heterocycles. The van der Waals surface area contributed by atoms with Crippen molar-refractivity contribution >= 4 is 11.8 Å². The second kappa shape index (κ2) is 7.98. The smallest absolute Gasteiger partial charge is 0.312 e. The average Bonchev–Trinajstić information content (AvgIpc) is 3.13. The van der Waals surface area contributed by atoms with Gasteiger partial charge in [0, 0.05) is 49.8 Å². The van der Waals surface area contributed by atoms with Crippen LogP contribution in [0.1, 0.15) is 46.1 Å². The highest BCUT2D eigenvalue weighted by Gasteiger charge is 2.49. The lowest BCUT2D eigenvalue weighted by Gasteiger charge is -2.54. The van der Waals surface area contributed by atoms with Gasteiger partial charge in [0.05, 0.1) is 0 Å². The largest absolute Gasteiger partial charge is 0.454 e. The number of nitrogens with two attached hydrogens (primary N) is 1. The Morgan fingerprint density at radius 3 is 2.23 bits per heavy atom. The molecule has 2 fully saturated rings. The third-order valence-electron chi connectivity index (χ3n) is 6.62. The van der Waals surface area contributed by atoms with Crippen molar-refractivity contribution in [3.05, 3.63) is 23.8 Å². The van der Waals surface area contributed by atoms with E-state index in [4.69, 9.17) is 15.2 Å². The first kappa shape index (κ1) is 21.9. The fourth-order valence-corrected chi connectivity index (χ4v) is 5.54. The molecule has 31 heavy (non-hydrogen) atoms. The Hall–Kier alpha value is -2.32. The average molecular weight is 431 g/mol. The van der Waals surface area contributed by atoms with Crippen molar-refractivity contribution < 1.29 is 19.1 Å². The molecule has 3 heterocycles. The van der Waals surface area contributed by atoms with Gasteiger partial charge in [0.15, 0.2) is 11.5 Å². The first-order valence-corrected chi connectivity index (χ1v) is 11.1. The number of benzene rings is 1. The van der Waals surface area contributed by atoms with Gasteiger partial charge in [0.2, 0.25) is 6.79 Å². The van der Waals surface area contributed by atoms with Gasteiger partial charge in [-0.3, -0.25) is 14.5 Å². The summed E-state index contributed by atoms with van der Waals surface area (Å²) >= 11 is 0. The lowest BCUT2D eigenvalue weighted by molar-refractivity contribution is -0.164. The topological polar surface area (TPSA) is 88.3 Å². The number of hydrogen-bond acceptors (Lipinski definition) is 6. The van der Waals surface area contributed by atoms with E-state index in [2.05, 4.69) is 4.90 Å². The lowest BCUT2D eigenvalue weighted by Crippen LogP contribution is -2.67. The van der Waals surface area contributed by atoms with Crippen LogP contribution < -0.4 is 15.2 Å². The highest BCUT2D eigenvalue weighted by atomic mass is 16.7. The number of fused-ring (bicyclic) bond motifs is 1. The standard InChI is InChI=1S/C23H34N4O4/c1-22(2)12-17(24)13-23(3,4)27(22)21(29)20(28)26-9-7-25(8-10-26)14-16-5-6-18-19(11-16)31-15-30-18/h5-6,11,17H,7-10,12-15,24H2,1-4H3. The summed E-state index contributed by atoms with van der Waals surface area (Å²) < 4.78 is 10.8. The van der Waals surface area contributed by atoms with E-state index in [1.807, 2.05) is 45.9 Å². The molecule has 0 bridgehead atoms. The van der Waals surface area contributed by atoms with E-state index in [1.165, 1.54) is 0 Å². The maximum atomic E-state index is 13.3. The quantitative estimate of drug-likeness (QED) is 0.717. The summed E-state index contributed by atoms with van der Waals surface area (Å²) in [6.07, 6.45) is 1.39. The SMILES string of the molecule is CC1(C)CC(N)CC(C)(C)N1C(=O)C(=O)N1CCN(Cc2ccc3c(c2)OCO3)CC1. The van der Waals surface area contributed by atoms with Crippen molar-refractivity contribution in [2.45, 2.75) is 64.2 Å². The number of rotatable bonds is 2. The fourth-order valence-electron chi connectivity index (χ4n) is 5.54. The van der Waals surface area contributed by atoms with Crippen LogP contribution in [0, 0.1) is 0 Å². The maximum absolute atomic E-state index is 13.3. The van der Waals surface area contributed by atoms with Crippen LogP contribution in [0.25, 0.3) is 0 Å². The zero-order chi connectivity index (χ0) is 22.4. The molecule has 0 saturated carbocycles. The Morgan fingerprint density at radius 2 is 1.58 bits per heavy atom. The van der Waals surface area contributed by atoms with Crippen LogP contribution in [-0.2, 0) is 16.1 Å². The molecular weight excluding hydrogens is 396 g/mol. The number of ether oxygens (including phenoxy) is 2. The molecule has 1 aromatic carbocycles. The number of hydrogen-bond donors (Lipinski definition) is 1. The molecule has 0 radical (unpaired) electrons. The van der Waals surface area contributed by atoms with E-state index in [1.54, 1.807) is 9.80 Å². The van der Waals surface area contributed by atoms with E-state index in [0.717, 1.165) is 36.7 Å². The fraction of sp³-hybridized carbons (Fsp3) is 0.652. The van der Waals surface area contributed by atoms with Crippen molar-refractivity contribution in [2.24, 2.45) is 5.73 Å². The number of carbonyl (C=O) groups is 2. The van der Waals surface area contributed by atoms with E-state index in [0.29, 0.717) is 25.9 Å². The van der Waals surface area contributed by atoms with Crippen molar-refractivity contribution in [1.29, 1.82) is 0 Å². The van der Waals surface area contributed by atoms with Gasteiger partial charge >= 0.3 is 11.8 Å². The Morgan fingerprint density at radius 1 is 0.968 bits per heavy atom. The van der Waals surface area contributed by atoms with Gasteiger partial charge in [-0.15, -0.1) is 0 Å². The van der Waals surface area contributed by atoms with Crippen LogP contribution in [-0.4, -0.2) is 76.6 Å². The molecule has 2 N–H and O–H groups in total. The molecule has 3 aliphatic rings. The number of carbonyl (C=O) groups excluding carboxylic acids is 2. The van der Waals surface area contributed by atoms with Gasteiger partial charge in [0.25, 0.3) is 0 Å². The van der Waals surface area contributed by atoms with Gasteiger partial charge < -0.3 is 25.0 Å². The normalized spacial score (nSPS) is 23.1. The first-order chi connectivity index (χ1) is 14.6. The molecule has 4 rings (SSSR count). The zero-order valence-corrected chi connectivity index (χ0v) is 19.0. The van der Waals surface area contributed by atoms with Gasteiger partial charge in [-0.2, -0.15) is 0 Å². The number of amides is 2. The molecule has 170 valence electrons. The third kappa shape index (κ3) is 4.36. The molecule has 2 amide bonds. The van der Waals surface area contributed by atoms with Crippen LogP contribution >= 0.6 is 0 Å². The molecule has 0 aromatic heterocycles. The molecule has 8 heteroatoms. The molecule has 8 nitrogen and oxygen atoms in total. The second-order valence-corrected chi connectivity index (χ2v) is 10.2. The van der Waals surface area contributed by atoms with Crippen LogP contribution in [0.4, 0.5) is 0 Å². The molecule has 0 atom stereocenters. The minimum Gasteiger partial charge on any atom is -0.454 e. The van der Waals surface area contributed by atoms with Crippen LogP contribution in [0.5, 0.6) is 11.5 Å². The highest BCUT2D eigenvalue weighted by molar-refractivity contribution is 6.35. The lowest BCUT2D eigenvalue weighted by atomic mass is 9.77. The minimum absolute atomic E-state index is 0.0314. The van der Waals surface area contributed by atoms with Gasteiger partial charge in [-0.1, -0.05) is 6.07 Å².